The fourth-order valence-electron chi connectivity index (χ4n) is 1.01. The van der Waals surface area contributed by atoms with Crippen molar-refractivity contribution in [1.82, 2.24) is 10.1 Å². The lowest BCUT2D eigenvalue weighted by atomic mass is 10.4. The van der Waals surface area contributed by atoms with E-state index in [1.807, 2.05) is 0 Å². The van der Waals surface area contributed by atoms with Gasteiger partial charge in [-0.25, -0.2) is 9.78 Å². The summed E-state index contributed by atoms with van der Waals surface area (Å²) in [7, 11) is 0. The number of carbonyl (C=O) groups excluding carboxylic acids is 1. The second kappa shape index (κ2) is 4.63. The first-order valence-corrected chi connectivity index (χ1v) is 4.72. The van der Waals surface area contributed by atoms with E-state index in [0.29, 0.717) is 10.8 Å². The molecule has 16 heavy (non-hydrogen) atoms. The molecule has 2 aromatic rings. The highest BCUT2D eigenvalue weighted by atomic mass is 35.5. The van der Waals surface area contributed by atoms with Crippen molar-refractivity contribution in [2.75, 3.05) is 10.6 Å². The number of carbonyl (C=O) groups is 1. The second-order valence-electron chi connectivity index (χ2n) is 2.82. The minimum absolute atomic E-state index is 0.250. The summed E-state index contributed by atoms with van der Waals surface area (Å²) in [5.41, 5.74) is 0. The predicted molar refractivity (Wildman–Crippen MR) is 58.4 cm³/mol. The molecule has 2 N–H and O–H groups in total. The van der Waals surface area contributed by atoms with Gasteiger partial charge in [-0.2, -0.15) is 0 Å². The molecule has 7 heteroatoms. The van der Waals surface area contributed by atoms with Gasteiger partial charge in [0.15, 0.2) is 0 Å². The number of pyridine rings is 1. The average Bonchev–Trinajstić information content (AvgIpc) is 2.70. The van der Waals surface area contributed by atoms with Gasteiger partial charge in [0.05, 0.1) is 6.20 Å². The molecule has 0 radical (unpaired) electrons. The standard InChI is InChI=1S/C9H7ClN4O2/c10-6-1-3-11-7(5-6)13-9(15)14-8-2-4-12-16-8/h1-5H,(H2,11,13,14,15). The number of rotatable bonds is 2. The number of nitrogens with one attached hydrogen (secondary N) is 2. The third-order valence-electron chi connectivity index (χ3n) is 1.64. The highest BCUT2D eigenvalue weighted by Crippen LogP contribution is 2.12. The van der Waals surface area contributed by atoms with Gasteiger partial charge in [-0.05, 0) is 12.1 Å². The molecule has 6 nitrogen and oxygen atoms in total. The summed E-state index contributed by atoms with van der Waals surface area (Å²) in [5, 5.41) is 8.85. The Morgan fingerprint density at radius 1 is 1.31 bits per heavy atom. The number of nitrogens with zero attached hydrogens (tertiary/aromatic N) is 2. The third kappa shape index (κ3) is 2.71. The van der Waals surface area contributed by atoms with Crippen molar-refractivity contribution in [3.05, 3.63) is 35.6 Å². The number of urea groups is 1. The number of hydrogen-bond donors (Lipinski definition) is 2. The van der Waals surface area contributed by atoms with Crippen LogP contribution in [-0.4, -0.2) is 16.2 Å². The van der Waals surface area contributed by atoms with Crippen molar-refractivity contribution in [3.8, 4) is 0 Å². The van der Waals surface area contributed by atoms with Gasteiger partial charge in [-0.3, -0.25) is 10.6 Å². The number of anilines is 2. The zero-order chi connectivity index (χ0) is 11.4. The fourth-order valence-corrected chi connectivity index (χ4v) is 1.17. The lowest BCUT2D eigenvalue weighted by molar-refractivity contribution is 0.261. The van der Waals surface area contributed by atoms with Gasteiger partial charge in [0.2, 0.25) is 5.88 Å². The molecule has 0 aliphatic carbocycles. The Hall–Kier alpha value is -2.08. The van der Waals surface area contributed by atoms with Crippen molar-refractivity contribution in [1.29, 1.82) is 0 Å². The van der Waals surface area contributed by atoms with Gasteiger partial charge in [-0.1, -0.05) is 16.8 Å². The molecule has 0 bridgehead atoms. The Morgan fingerprint density at radius 2 is 2.19 bits per heavy atom. The molecule has 0 aliphatic rings. The summed E-state index contributed by atoms with van der Waals surface area (Å²) in [6, 6.07) is 4.18. The minimum Gasteiger partial charge on any atom is -0.338 e. The van der Waals surface area contributed by atoms with E-state index in [1.165, 1.54) is 24.5 Å². The van der Waals surface area contributed by atoms with Gasteiger partial charge in [-0.15, -0.1) is 0 Å². The van der Waals surface area contributed by atoms with Crippen LogP contribution in [0.5, 0.6) is 0 Å². The van der Waals surface area contributed by atoms with Crippen LogP contribution in [0.25, 0.3) is 0 Å². The predicted octanol–water partition coefficient (Wildman–Crippen LogP) is 2.37. The summed E-state index contributed by atoms with van der Waals surface area (Å²) < 4.78 is 4.70. The molecule has 0 saturated heterocycles. The second-order valence-corrected chi connectivity index (χ2v) is 3.25. The molecule has 2 amide bonds. The van der Waals surface area contributed by atoms with Crippen LogP contribution >= 0.6 is 11.6 Å². The van der Waals surface area contributed by atoms with E-state index < -0.39 is 6.03 Å². The smallest absolute Gasteiger partial charge is 0.327 e. The number of amides is 2. The summed E-state index contributed by atoms with van der Waals surface area (Å²) in [5.74, 6) is 0.601. The van der Waals surface area contributed by atoms with Gasteiger partial charge >= 0.3 is 6.03 Å². The Kier molecular flexibility index (Phi) is 3.02. The lowest BCUT2D eigenvalue weighted by Crippen LogP contribution is -2.19. The normalized spacial score (nSPS) is 9.81. The molecule has 82 valence electrons. The Morgan fingerprint density at radius 3 is 2.88 bits per heavy atom. The van der Waals surface area contributed by atoms with E-state index in [2.05, 4.69) is 20.8 Å². The number of aromatic nitrogens is 2. The Bertz CT molecular complexity index is 486. The van der Waals surface area contributed by atoms with Crippen molar-refractivity contribution < 1.29 is 9.32 Å². The van der Waals surface area contributed by atoms with E-state index in [4.69, 9.17) is 16.1 Å². The highest BCUT2D eigenvalue weighted by Gasteiger charge is 2.05. The molecule has 0 unspecified atom stereocenters. The van der Waals surface area contributed by atoms with E-state index in [1.54, 1.807) is 6.07 Å². The van der Waals surface area contributed by atoms with Crippen LogP contribution < -0.4 is 10.6 Å². The maximum atomic E-state index is 11.4. The van der Waals surface area contributed by atoms with Crippen LogP contribution in [0.3, 0.4) is 0 Å². The van der Waals surface area contributed by atoms with E-state index >= 15 is 0 Å². The molecule has 0 saturated carbocycles. The summed E-state index contributed by atoms with van der Waals surface area (Å²) >= 11 is 5.73. The molecule has 0 spiro atoms. The van der Waals surface area contributed by atoms with E-state index in [0.717, 1.165) is 0 Å². The van der Waals surface area contributed by atoms with E-state index in [-0.39, 0.29) is 5.88 Å². The highest BCUT2D eigenvalue weighted by molar-refractivity contribution is 6.30. The first kappa shape index (κ1) is 10.4. The van der Waals surface area contributed by atoms with Crippen LogP contribution in [-0.2, 0) is 0 Å². The van der Waals surface area contributed by atoms with Crippen molar-refractivity contribution in [2.45, 2.75) is 0 Å². The molecule has 0 aromatic carbocycles. The monoisotopic (exact) mass is 238 g/mol. The van der Waals surface area contributed by atoms with Crippen molar-refractivity contribution in [3.63, 3.8) is 0 Å². The van der Waals surface area contributed by atoms with Gasteiger partial charge in [0.1, 0.15) is 5.82 Å². The molecular weight excluding hydrogens is 232 g/mol. The molecule has 2 rings (SSSR count). The molecule has 0 fully saturated rings. The van der Waals surface area contributed by atoms with Gasteiger partial charge < -0.3 is 4.52 Å². The Labute approximate surface area is 95.6 Å². The maximum Gasteiger partial charge on any atom is 0.327 e. The average molecular weight is 239 g/mol. The maximum absolute atomic E-state index is 11.4. The molecule has 2 heterocycles. The third-order valence-corrected chi connectivity index (χ3v) is 1.87. The summed E-state index contributed by atoms with van der Waals surface area (Å²) in [4.78, 5) is 15.3. The molecule has 0 aliphatic heterocycles. The zero-order valence-corrected chi connectivity index (χ0v) is 8.73. The van der Waals surface area contributed by atoms with Crippen molar-refractivity contribution >= 4 is 29.3 Å². The van der Waals surface area contributed by atoms with Crippen LogP contribution in [0.1, 0.15) is 0 Å². The molecule has 2 aromatic heterocycles. The lowest BCUT2D eigenvalue weighted by Gasteiger charge is -2.03. The quantitative estimate of drug-likeness (QED) is 0.842. The summed E-state index contributed by atoms with van der Waals surface area (Å²) in [6.45, 7) is 0. The van der Waals surface area contributed by atoms with Gasteiger partial charge in [0, 0.05) is 17.3 Å². The van der Waals surface area contributed by atoms with Crippen LogP contribution in [0.15, 0.2) is 35.1 Å². The van der Waals surface area contributed by atoms with Crippen LogP contribution in [0.4, 0.5) is 16.5 Å². The SMILES string of the molecule is O=C(Nc1cc(Cl)ccn1)Nc1ccno1. The van der Waals surface area contributed by atoms with Gasteiger partial charge in [0.25, 0.3) is 0 Å². The zero-order valence-electron chi connectivity index (χ0n) is 7.98. The molecule has 0 atom stereocenters. The van der Waals surface area contributed by atoms with E-state index in [9.17, 15) is 4.79 Å². The Balaban J connectivity index is 1.97. The fraction of sp³-hybridized carbons (Fsp3) is 0. The largest absolute Gasteiger partial charge is 0.338 e. The molecular formula is C9H7ClN4O2. The first-order valence-electron chi connectivity index (χ1n) is 4.34. The minimum atomic E-state index is -0.480. The van der Waals surface area contributed by atoms with Crippen molar-refractivity contribution in [2.24, 2.45) is 0 Å². The number of hydrogen-bond acceptors (Lipinski definition) is 4. The summed E-state index contributed by atoms with van der Waals surface area (Å²) in [6.07, 6.45) is 2.92. The van der Waals surface area contributed by atoms with Crippen LogP contribution in [0, 0.1) is 0 Å². The number of halogens is 1. The first-order chi connectivity index (χ1) is 7.74. The topological polar surface area (TPSA) is 80.0 Å². The van der Waals surface area contributed by atoms with Crippen LogP contribution in [0.2, 0.25) is 5.02 Å².